The van der Waals surface area contributed by atoms with Gasteiger partial charge in [0.15, 0.2) is 17.5 Å². The van der Waals surface area contributed by atoms with Gasteiger partial charge in [0.05, 0.1) is 33.9 Å². The molecule has 2 heterocycles. The molecular formula is C20H27N4O5+. The summed E-state index contributed by atoms with van der Waals surface area (Å²) in [6, 6.07) is 4.38. The van der Waals surface area contributed by atoms with Crippen molar-refractivity contribution in [3.05, 3.63) is 23.8 Å². The number of carbonyl (C=O) groups excluding carboxylic acids is 3. The fourth-order valence-corrected chi connectivity index (χ4v) is 3.77. The number of para-hydroxylation sites is 1. The van der Waals surface area contributed by atoms with Crippen molar-refractivity contribution in [3.63, 3.8) is 0 Å². The summed E-state index contributed by atoms with van der Waals surface area (Å²) >= 11 is 0. The first-order chi connectivity index (χ1) is 13.9. The smallest absolute Gasteiger partial charge is 0.493 e. The van der Waals surface area contributed by atoms with E-state index >= 15 is 0 Å². The maximum atomic E-state index is 12.7. The Bertz CT molecular complexity index is 845. The summed E-state index contributed by atoms with van der Waals surface area (Å²) in [6.07, 6.45) is 3.07. The van der Waals surface area contributed by atoms with Crippen molar-refractivity contribution >= 4 is 24.1 Å². The number of hydrogen-bond donors (Lipinski definition) is 1. The van der Waals surface area contributed by atoms with Crippen LogP contribution in [0.1, 0.15) is 23.2 Å². The quantitative estimate of drug-likeness (QED) is 0.723. The predicted molar refractivity (Wildman–Crippen MR) is 106 cm³/mol. The van der Waals surface area contributed by atoms with Crippen LogP contribution in [0.25, 0.3) is 0 Å². The molecule has 29 heavy (non-hydrogen) atoms. The molecule has 1 aromatic carbocycles. The molecule has 1 saturated heterocycles. The highest BCUT2D eigenvalue weighted by atomic mass is 16.5. The van der Waals surface area contributed by atoms with E-state index in [-0.39, 0.29) is 23.9 Å². The molecule has 0 aliphatic carbocycles. The van der Waals surface area contributed by atoms with E-state index in [1.165, 1.54) is 25.8 Å². The van der Waals surface area contributed by atoms with Crippen LogP contribution < -0.4 is 14.8 Å². The topological polar surface area (TPSA) is 91.2 Å². The molecule has 1 N–H and O–H groups in total. The second-order valence-corrected chi connectivity index (χ2v) is 7.21. The van der Waals surface area contributed by atoms with Crippen molar-refractivity contribution in [3.8, 4) is 11.5 Å². The molecule has 1 fully saturated rings. The normalized spacial score (nSPS) is 21.0. The molecule has 4 amide bonds. The highest BCUT2D eigenvalue weighted by Crippen LogP contribution is 2.30. The fourth-order valence-electron chi connectivity index (χ4n) is 3.77. The number of rotatable bonds is 5. The summed E-state index contributed by atoms with van der Waals surface area (Å²) in [6.45, 7) is 1.28. The van der Waals surface area contributed by atoms with Crippen LogP contribution in [0.2, 0.25) is 0 Å². The molecule has 156 valence electrons. The number of nitrogens with zero attached hydrogens (tertiary/aromatic N) is 3. The Labute approximate surface area is 169 Å². The maximum absolute atomic E-state index is 12.7. The minimum absolute atomic E-state index is 0.00885. The Kier molecular flexibility index (Phi) is 6.17. The van der Waals surface area contributed by atoms with Gasteiger partial charge in [-0.1, -0.05) is 6.07 Å². The van der Waals surface area contributed by atoms with Gasteiger partial charge in [-0.15, -0.1) is 0 Å². The number of likely N-dealkylation sites (N-methyl/N-ethyl adjacent to an activating group) is 1. The molecule has 0 saturated carbocycles. The Hall–Kier alpha value is -2.94. The monoisotopic (exact) mass is 403 g/mol. The van der Waals surface area contributed by atoms with Crippen LogP contribution >= 0.6 is 0 Å². The number of nitrogens with one attached hydrogen (secondary N) is 1. The van der Waals surface area contributed by atoms with Crippen LogP contribution in [0, 0.1) is 0 Å². The first kappa shape index (κ1) is 20.8. The van der Waals surface area contributed by atoms with Gasteiger partial charge in [-0.3, -0.25) is 9.69 Å². The summed E-state index contributed by atoms with van der Waals surface area (Å²) in [5, 5.41) is 3.05. The minimum atomic E-state index is -0.460. The summed E-state index contributed by atoms with van der Waals surface area (Å²) in [7, 11) is 6.17. The standard InChI is InChI=1S/C20H26N4O5/c1-22-12-15(19(26)23(2)20(22)27)24-10-8-13(9-11-24)21-18(25)14-6-5-7-16(28-3)17(14)29-4/h5-7,12-13,15H,8-11H2,1-4H3/p+1. The van der Waals surface area contributed by atoms with Crippen molar-refractivity contribution in [2.24, 2.45) is 0 Å². The summed E-state index contributed by atoms with van der Waals surface area (Å²) in [5.74, 6) is 0.466. The Balaban J connectivity index is 1.63. The molecule has 0 aromatic heterocycles. The molecule has 1 atom stereocenters. The van der Waals surface area contributed by atoms with Gasteiger partial charge in [0.1, 0.15) is 6.21 Å². The lowest BCUT2D eigenvalue weighted by atomic mass is 10.0. The van der Waals surface area contributed by atoms with Crippen LogP contribution in [0.4, 0.5) is 4.79 Å². The van der Waals surface area contributed by atoms with E-state index in [1.54, 1.807) is 31.5 Å². The third kappa shape index (κ3) is 4.09. The third-order valence-corrected chi connectivity index (χ3v) is 5.44. The lowest BCUT2D eigenvalue weighted by Gasteiger charge is -2.36. The minimum Gasteiger partial charge on any atom is -0.493 e. The van der Waals surface area contributed by atoms with E-state index < -0.39 is 6.04 Å². The van der Waals surface area contributed by atoms with E-state index in [0.29, 0.717) is 43.0 Å². The number of ether oxygens (including phenoxy) is 2. The Morgan fingerprint density at radius 1 is 1.17 bits per heavy atom. The van der Waals surface area contributed by atoms with Crippen molar-refractivity contribution in [2.45, 2.75) is 24.9 Å². The van der Waals surface area contributed by atoms with Gasteiger partial charge in [0.2, 0.25) is 0 Å². The van der Waals surface area contributed by atoms with Crippen LogP contribution in [-0.4, -0.2) is 91.9 Å². The highest BCUT2D eigenvalue weighted by molar-refractivity contribution is 6.06. The van der Waals surface area contributed by atoms with Gasteiger partial charge in [-0.25, -0.2) is 9.37 Å². The number of urea groups is 1. The van der Waals surface area contributed by atoms with Crippen molar-refractivity contribution in [1.82, 2.24) is 15.1 Å². The van der Waals surface area contributed by atoms with Gasteiger partial charge in [0.25, 0.3) is 5.91 Å². The first-order valence-electron chi connectivity index (χ1n) is 9.52. The molecule has 1 unspecified atom stereocenters. The first-order valence-corrected chi connectivity index (χ1v) is 9.52. The number of carbonyl (C=O) groups is 3. The molecular weight excluding hydrogens is 376 g/mol. The number of amides is 4. The number of benzene rings is 1. The molecule has 2 aliphatic rings. The van der Waals surface area contributed by atoms with Crippen molar-refractivity contribution < 1.29 is 28.4 Å². The molecule has 3 rings (SSSR count). The molecule has 9 nitrogen and oxygen atoms in total. The predicted octanol–water partition coefficient (Wildman–Crippen LogP) is 0.572. The lowest BCUT2D eigenvalue weighted by molar-refractivity contribution is -0.401. The zero-order chi connectivity index (χ0) is 21.1. The van der Waals surface area contributed by atoms with E-state index in [1.807, 2.05) is 4.90 Å². The van der Waals surface area contributed by atoms with E-state index in [4.69, 9.17) is 9.47 Å². The van der Waals surface area contributed by atoms with Crippen molar-refractivity contribution in [1.29, 1.82) is 0 Å². The zero-order valence-corrected chi connectivity index (χ0v) is 17.2. The van der Waals surface area contributed by atoms with Gasteiger partial charge < -0.3 is 14.8 Å². The summed E-state index contributed by atoms with van der Waals surface area (Å²) in [5.41, 5.74) is 0.423. The molecule has 2 aliphatic heterocycles. The summed E-state index contributed by atoms with van der Waals surface area (Å²) in [4.78, 5) is 40.3. The van der Waals surface area contributed by atoms with Crippen LogP contribution in [0.15, 0.2) is 18.2 Å². The summed E-state index contributed by atoms with van der Waals surface area (Å²) < 4.78 is 12.0. The average molecular weight is 403 g/mol. The molecule has 0 radical (unpaired) electrons. The van der Waals surface area contributed by atoms with Gasteiger partial charge in [-0.2, -0.15) is 9.69 Å². The van der Waals surface area contributed by atoms with Gasteiger partial charge in [0, 0.05) is 19.1 Å². The van der Waals surface area contributed by atoms with Crippen LogP contribution in [-0.2, 0) is 4.79 Å². The van der Waals surface area contributed by atoms with Crippen molar-refractivity contribution in [2.75, 3.05) is 41.4 Å². The Morgan fingerprint density at radius 2 is 1.86 bits per heavy atom. The molecule has 1 aromatic rings. The molecule has 0 spiro atoms. The van der Waals surface area contributed by atoms with Gasteiger partial charge in [-0.05, 0) is 25.0 Å². The fraction of sp³-hybridized carbons (Fsp3) is 0.500. The highest BCUT2D eigenvalue weighted by Gasteiger charge is 2.42. The van der Waals surface area contributed by atoms with E-state index in [2.05, 4.69) is 5.32 Å². The molecule has 0 bridgehead atoms. The Morgan fingerprint density at radius 3 is 2.48 bits per heavy atom. The molecule has 9 heteroatoms. The van der Waals surface area contributed by atoms with E-state index in [0.717, 1.165) is 4.90 Å². The van der Waals surface area contributed by atoms with Crippen LogP contribution in [0.3, 0.4) is 0 Å². The number of imide groups is 1. The number of piperidine rings is 1. The van der Waals surface area contributed by atoms with Gasteiger partial charge >= 0.3 is 11.9 Å². The third-order valence-electron chi connectivity index (χ3n) is 5.44. The second kappa shape index (κ2) is 8.60. The average Bonchev–Trinajstić information content (AvgIpc) is 2.74. The second-order valence-electron chi connectivity index (χ2n) is 7.21. The van der Waals surface area contributed by atoms with Crippen LogP contribution in [0.5, 0.6) is 11.5 Å². The zero-order valence-electron chi connectivity index (χ0n) is 17.2. The lowest BCUT2D eigenvalue weighted by Crippen LogP contribution is -2.59. The largest absolute Gasteiger partial charge is 0.500 e. The maximum Gasteiger partial charge on any atom is 0.500 e. The number of likely N-dealkylation sites (tertiary alicyclic amines) is 1. The number of methoxy groups -OCH3 is 2. The van der Waals surface area contributed by atoms with E-state index in [9.17, 15) is 14.4 Å². The number of hydrogen-bond acceptors (Lipinski definition) is 6. The SMILES string of the molecule is COc1cccc(C(=O)NC2CCN(C3C=[N+](C)C(=O)N(C)C3=O)CC2)c1OC.